The fourth-order valence-corrected chi connectivity index (χ4v) is 4.87. The van der Waals surface area contributed by atoms with Crippen molar-refractivity contribution in [1.82, 2.24) is 15.1 Å². The molecule has 2 heterocycles. The number of urea groups is 1. The predicted molar refractivity (Wildman–Crippen MR) is 129 cm³/mol. The number of fused-ring (bicyclic) bond motifs is 2. The molecule has 0 saturated carbocycles. The summed E-state index contributed by atoms with van der Waals surface area (Å²) in [7, 11) is 1.54. The average molecular weight is 471 g/mol. The molecule has 33 heavy (non-hydrogen) atoms. The maximum atomic E-state index is 13.2. The molecule has 0 aromatic heterocycles. The van der Waals surface area contributed by atoms with Gasteiger partial charge >= 0.3 is 6.03 Å². The van der Waals surface area contributed by atoms with Gasteiger partial charge in [-0.05, 0) is 66.8 Å². The lowest BCUT2D eigenvalue weighted by molar-refractivity contribution is -0.131. The number of likely N-dealkylation sites (tertiary alicyclic amines) is 1. The van der Waals surface area contributed by atoms with Gasteiger partial charge in [0.15, 0.2) is 0 Å². The van der Waals surface area contributed by atoms with Gasteiger partial charge in [-0.1, -0.05) is 23.7 Å². The number of hydrogen-bond acceptors (Lipinski definition) is 3. The number of halogens is 2. The highest BCUT2D eigenvalue weighted by molar-refractivity contribution is 6.31. The number of carbonyl (C=O) groups is 2. The highest BCUT2D eigenvalue weighted by atomic mass is 35.5. The van der Waals surface area contributed by atoms with Crippen LogP contribution in [0.15, 0.2) is 42.5 Å². The number of nitrogens with one attached hydrogen (secondary N) is 2. The van der Waals surface area contributed by atoms with Gasteiger partial charge in [-0.3, -0.25) is 9.69 Å². The van der Waals surface area contributed by atoms with Gasteiger partial charge in [0.25, 0.3) is 0 Å². The minimum Gasteiger partial charge on any atom is -0.341 e. The van der Waals surface area contributed by atoms with Crippen LogP contribution >= 0.6 is 11.6 Å². The minimum absolute atomic E-state index is 0.0255. The summed E-state index contributed by atoms with van der Waals surface area (Å²) in [5, 5.41) is 5.81. The van der Waals surface area contributed by atoms with E-state index in [9.17, 15) is 14.0 Å². The second-order valence-corrected chi connectivity index (χ2v) is 9.08. The topological polar surface area (TPSA) is 64.7 Å². The van der Waals surface area contributed by atoms with E-state index in [1.54, 1.807) is 18.2 Å². The number of nitrogens with zero attached hydrogens (tertiary/aromatic N) is 2. The van der Waals surface area contributed by atoms with E-state index < -0.39 is 0 Å². The number of amides is 3. The van der Waals surface area contributed by atoms with Crippen molar-refractivity contribution in [1.29, 1.82) is 0 Å². The molecule has 2 bridgehead atoms. The lowest BCUT2D eigenvalue weighted by Crippen LogP contribution is -2.55. The van der Waals surface area contributed by atoms with Gasteiger partial charge in [-0.25, -0.2) is 9.18 Å². The van der Waals surface area contributed by atoms with Gasteiger partial charge in [-0.15, -0.1) is 0 Å². The average Bonchev–Trinajstić information content (AvgIpc) is 3.06. The Hall–Kier alpha value is -2.90. The van der Waals surface area contributed by atoms with Crippen LogP contribution in [0.1, 0.15) is 29.5 Å². The SMILES string of the molecule is CNC(=O)Nc1cc(Cl)c(C)cc1C=CC(=O)N1C2CCC1CN(Cc1ccc(F)cc1)C2. The second kappa shape index (κ2) is 9.93. The number of carbonyl (C=O) groups excluding carboxylic acids is 2. The molecule has 0 aliphatic carbocycles. The Kier molecular flexibility index (Phi) is 7.00. The molecule has 2 atom stereocenters. The Labute approximate surface area is 198 Å². The van der Waals surface area contributed by atoms with E-state index in [1.165, 1.54) is 19.2 Å². The normalized spacial score (nSPS) is 20.3. The van der Waals surface area contributed by atoms with Crippen molar-refractivity contribution in [3.63, 3.8) is 0 Å². The number of hydrogen-bond donors (Lipinski definition) is 2. The zero-order chi connectivity index (χ0) is 23.5. The summed E-state index contributed by atoms with van der Waals surface area (Å²) in [6.45, 7) is 4.24. The number of piperazine rings is 1. The lowest BCUT2D eigenvalue weighted by Gasteiger charge is -2.40. The van der Waals surface area contributed by atoms with E-state index >= 15 is 0 Å². The molecule has 0 spiro atoms. The first-order valence-electron chi connectivity index (χ1n) is 11.1. The van der Waals surface area contributed by atoms with E-state index in [1.807, 2.05) is 30.0 Å². The van der Waals surface area contributed by atoms with Crippen LogP contribution in [0, 0.1) is 12.7 Å². The molecule has 2 fully saturated rings. The van der Waals surface area contributed by atoms with Crippen molar-refractivity contribution in [3.05, 3.63) is 70.0 Å². The van der Waals surface area contributed by atoms with Crippen LogP contribution in [-0.2, 0) is 11.3 Å². The Bertz CT molecular complexity index is 1060. The summed E-state index contributed by atoms with van der Waals surface area (Å²) in [5.41, 5.74) is 3.20. The maximum absolute atomic E-state index is 13.2. The molecule has 174 valence electrons. The van der Waals surface area contributed by atoms with Gasteiger partial charge in [0, 0.05) is 49.9 Å². The third-order valence-electron chi connectivity index (χ3n) is 6.34. The number of aryl methyl sites for hydroxylation is 1. The van der Waals surface area contributed by atoms with E-state index in [0.29, 0.717) is 10.7 Å². The summed E-state index contributed by atoms with van der Waals surface area (Å²) in [5.74, 6) is -0.256. The molecule has 8 heteroatoms. The molecule has 2 saturated heterocycles. The molecule has 3 amide bonds. The maximum Gasteiger partial charge on any atom is 0.318 e. The molecule has 4 rings (SSSR count). The number of benzene rings is 2. The summed E-state index contributed by atoms with van der Waals surface area (Å²) in [4.78, 5) is 29.3. The first kappa shape index (κ1) is 23.3. The molecule has 2 unspecified atom stereocenters. The lowest BCUT2D eigenvalue weighted by atomic mass is 10.1. The van der Waals surface area contributed by atoms with Gasteiger partial charge in [0.1, 0.15) is 5.82 Å². The highest BCUT2D eigenvalue weighted by Gasteiger charge is 2.41. The zero-order valence-electron chi connectivity index (χ0n) is 18.8. The molecule has 2 aromatic carbocycles. The van der Waals surface area contributed by atoms with Crippen LogP contribution in [0.3, 0.4) is 0 Å². The van der Waals surface area contributed by atoms with Gasteiger partial charge in [0.2, 0.25) is 5.91 Å². The van der Waals surface area contributed by atoms with Crippen molar-refractivity contribution in [3.8, 4) is 0 Å². The number of rotatable bonds is 5. The Morgan fingerprint density at radius 3 is 2.45 bits per heavy atom. The highest BCUT2D eigenvalue weighted by Crippen LogP contribution is 2.32. The number of anilines is 1. The fraction of sp³-hybridized carbons (Fsp3) is 0.360. The Balaban J connectivity index is 1.45. The van der Waals surface area contributed by atoms with E-state index in [4.69, 9.17) is 11.6 Å². The second-order valence-electron chi connectivity index (χ2n) is 8.68. The van der Waals surface area contributed by atoms with Crippen LogP contribution in [0.5, 0.6) is 0 Å². The van der Waals surface area contributed by atoms with Crippen molar-refractivity contribution >= 4 is 35.3 Å². The zero-order valence-corrected chi connectivity index (χ0v) is 19.5. The molecule has 2 aliphatic rings. The summed E-state index contributed by atoms with van der Waals surface area (Å²) >= 11 is 6.23. The Morgan fingerprint density at radius 1 is 1.15 bits per heavy atom. The van der Waals surface area contributed by atoms with Crippen LogP contribution in [-0.4, -0.2) is 54.0 Å². The molecular formula is C25H28ClFN4O2. The first-order chi connectivity index (χ1) is 15.8. The monoisotopic (exact) mass is 470 g/mol. The molecule has 6 nitrogen and oxygen atoms in total. The van der Waals surface area contributed by atoms with Crippen molar-refractivity contribution in [2.75, 3.05) is 25.5 Å². The Morgan fingerprint density at radius 2 is 1.82 bits per heavy atom. The molecule has 2 aliphatic heterocycles. The van der Waals surface area contributed by atoms with Crippen LogP contribution in [0.4, 0.5) is 14.9 Å². The van der Waals surface area contributed by atoms with Crippen LogP contribution in [0.2, 0.25) is 5.02 Å². The van der Waals surface area contributed by atoms with Gasteiger partial charge in [0.05, 0.1) is 5.69 Å². The van der Waals surface area contributed by atoms with Gasteiger partial charge < -0.3 is 15.5 Å². The van der Waals surface area contributed by atoms with E-state index in [0.717, 1.165) is 49.2 Å². The van der Waals surface area contributed by atoms with Crippen LogP contribution < -0.4 is 10.6 Å². The van der Waals surface area contributed by atoms with Crippen LogP contribution in [0.25, 0.3) is 6.08 Å². The fourth-order valence-electron chi connectivity index (χ4n) is 4.71. The predicted octanol–water partition coefficient (Wildman–Crippen LogP) is 4.43. The van der Waals surface area contributed by atoms with Crippen molar-refractivity contribution in [2.45, 2.75) is 38.4 Å². The smallest absolute Gasteiger partial charge is 0.318 e. The van der Waals surface area contributed by atoms with Crippen molar-refractivity contribution < 1.29 is 14.0 Å². The summed E-state index contributed by atoms with van der Waals surface area (Å²) < 4.78 is 13.2. The molecule has 0 radical (unpaired) electrons. The van der Waals surface area contributed by atoms with Gasteiger partial charge in [-0.2, -0.15) is 0 Å². The molecule has 2 N–H and O–H groups in total. The molecular weight excluding hydrogens is 443 g/mol. The third-order valence-corrected chi connectivity index (χ3v) is 6.75. The standard InChI is InChI=1S/C25H28ClFN4O2/c1-16-11-18(23(12-22(16)26)29-25(33)28-2)5-10-24(32)31-20-8-9-21(31)15-30(14-20)13-17-3-6-19(27)7-4-17/h3-7,10-12,20-21H,8-9,13-15H2,1-2H3,(H2,28,29,33). The summed E-state index contributed by atoms with van der Waals surface area (Å²) in [6, 6.07) is 10.1. The largest absolute Gasteiger partial charge is 0.341 e. The quantitative estimate of drug-likeness (QED) is 0.635. The first-order valence-corrected chi connectivity index (χ1v) is 11.5. The summed E-state index contributed by atoms with van der Waals surface area (Å²) in [6.07, 6.45) is 5.28. The third kappa shape index (κ3) is 5.37. The van der Waals surface area contributed by atoms with Crippen molar-refractivity contribution in [2.24, 2.45) is 0 Å². The molecule has 2 aromatic rings. The minimum atomic E-state index is -0.355. The van der Waals surface area contributed by atoms with E-state index in [-0.39, 0.29) is 29.8 Å². The van der Waals surface area contributed by atoms with E-state index in [2.05, 4.69) is 15.5 Å².